The molecule has 4 rings (SSSR count). The maximum absolute atomic E-state index is 13.1. The largest absolute Gasteiger partial charge is 0.324 e. The topological polar surface area (TPSA) is 69.7 Å². The van der Waals surface area contributed by atoms with Gasteiger partial charge in [-0.15, -0.1) is 0 Å². The van der Waals surface area contributed by atoms with Gasteiger partial charge in [0.15, 0.2) is 0 Å². The molecule has 1 aliphatic carbocycles. The number of amides is 1. The van der Waals surface area contributed by atoms with E-state index in [1.165, 1.54) is 22.0 Å². The third kappa shape index (κ3) is 5.09. The Bertz CT molecular complexity index is 1090. The van der Waals surface area contributed by atoms with Gasteiger partial charge in [-0.25, -0.2) is 12.8 Å². The first kappa shape index (κ1) is 22.2. The number of aryl methyl sites for hydroxylation is 2. The SMILES string of the molecule is O=C(CN1CCN(S(=O)(=O)c2ccc3c(c2)CCCC3)CC1)Nc1ccc(F)cc1Cl. The van der Waals surface area contributed by atoms with Gasteiger partial charge < -0.3 is 5.32 Å². The van der Waals surface area contributed by atoms with Crippen molar-refractivity contribution in [3.05, 3.63) is 58.4 Å². The van der Waals surface area contributed by atoms with Crippen LogP contribution in [0.2, 0.25) is 5.02 Å². The van der Waals surface area contributed by atoms with E-state index in [1.807, 2.05) is 17.0 Å². The van der Waals surface area contributed by atoms with Gasteiger partial charge >= 0.3 is 0 Å². The smallest absolute Gasteiger partial charge is 0.243 e. The highest BCUT2D eigenvalue weighted by atomic mass is 35.5. The van der Waals surface area contributed by atoms with E-state index in [0.29, 0.717) is 36.8 Å². The Kier molecular flexibility index (Phi) is 6.62. The zero-order valence-electron chi connectivity index (χ0n) is 17.1. The molecular weight excluding hydrogens is 441 g/mol. The summed E-state index contributed by atoms with van der Waals surface area (Å²) >= 11 is 5.95. The molecule has 31 heavy (non-hydrogen) atoms. The fourth-order valence-corrected chi connectivity index (χ4v) is 5.82. The van der Waals surface area contributed by atoms with Crippen LogP contribution in [-0.4, -0.2) is 56.3 Å². The summed E-state index contributed by atoms with van der Waals surface area (Å²) in [5, 5.41) is 2.80. The lowest BCUT2D eigenvalue weighted by Gasteiger charge is -2.33. The third-order valence-corrected chi connectivity index (χ3v) is 8.07. The summed E-state index contributed by atoms with van der Waals surface area (Å²) in [6.45, 7) is 1.66. The number of benzene rings is 2. The monoisotopic (exact) mass is 465 g/mol. The lowest BCUT2D eigenvalue weighted by molar-refractivity contribution is -0.117. The lowest BCUT2D eigenvalue weighted by Crippen LogP contribution is -2.50. The van der Waals surface area contributed by atoms with E-state index in [4.69, 9.17) is 11.6 Å². The van der Waals surface area contributed by atoms with Crippen molar-refractivity contribution < 1.29 is 17.6 Å². The lowest BCUT2D eigenvalue weighted by atomic mass is 9.92. The van der Waals surface area contributed by atoms with Gasteiger partial charge in [-0.05, 0) is 67.1 Å². The maximum Gasteiger partial charge on any atom is 0.243 e. The summed E-state index contributed by atoms with van der Waals surface area (Å²) in [7, 11) is -3.55. The van der Waals surface area contributed by atoms with Crippen LogP contribution in [0.15, 0.2) is 41.3 Å². The van der Waals surface area contributed by atoms with Crippen LogP contribution in [0.4, 0.5) is 10.1 Å². The van der Waals surface area contributed by atoms with Crippen molar-refractivity contribution >= 4 is 33.2 Å². The van der Waals surface area contributed by atoms with Crippen LogP contribution < -0.4 is 5.32 Å². The number of piperazine rings is 1. The van der Waals surface area contributed by atoms with Crippen molar-refractivity contribution in [1.82, 2.24) is 9.21 Å². The van der Waals surface area contributed by atoms with Gasteiger partial charge in [0.25, 0.3) is 0 Å². The number of carbonyl (C=O) groups is 1. The van der Waals surface area contributed by atoms with Gasteiger partial charge in [0.1, 0.15) is 5.82 Å². The number of nitrogens with zero attached hydrogens (tertiary/aromatic N) is 2. The Morgan fingerprint density at radius 3 is 2.42 bits per heavy atom. The fourth-order valence-electron chi connectivity index (χ4n) is 4.13. The molecule has 0 aromatic heterocycles. The summed E-state index contributed by atoms with van der Waals surface area (Å²) in [5.41, 5.74) is 2.74. The molecule has 2 aliphatic rings. The van der Waals surface area contributed by atoms with Gasteiger partial charge in [0.2, 0.25) is 15.9 Å². The van der Waals surface area contributed by atoms with E-state index in [-0.39, 0.29) is 17.5 Å². The number of carbonyl (C=O) groups excluding carboxylic acids is 1. The molecular formula is C22H25ClFN3O3S. The second-order valence-electron chi connectivity index (χ2n) is 7.99. The summed E-state index contributed by atoms with van der Waals surface area (Å²) < 4.78 is 40.8. The number of fused-ring (bicyclic) bond motifs is 1. The zero-order chi connectivity index (χ0) is 22.0. The first-order chi connectivity index (χ1) is 14.8. The highest BCUT2D eigenvalue weighted by molar-refractivity contribution is 7.89. The number of anilines is 1. The van der Waals surface area contributed by atoms with Gasteiger partial charge in [0.05, 0.1) is 22.2 Å². The summed E-state index contributed by atoms with van der Waals surface area (Å²) in [5.74, 6) is -0.751. The highest BCUT2D eigenvalue weighted by Crippen LogP contribution is 2.26. The molecule has 0 bridgehead atoms. The van der Waals surface area contributed by atoms with Gasteiger partial charge in [-0.2, -0.15) is 4.31 Å². The first-order valence-corrected chi connectivity index (χ1v) is 12.2. The molecule has 0 atom stereocenters. The average molecular weight is 466 g/mol. The molecule has 2 aromatic rings. The minimum atomic E-state index is -3.55. The summed E-state index contributed by atoms with van der Waals surface area (Å²) in [4.78, 5) is 14.6. The highest BCUT2D eigenvalue weighted by Gasteiger charge is 2.29. The quantitative estimate of drug-likeness (QED) is 0.735. The van der Waals surface area contributed by atoms with Crippen LogP contribution in [0.25, 0.3) is 0 Å². The molecule has 9 heteroatoms. The molecule has 1 heterocycles. The predicted molar refractivity (Wildman–Crippen MR) is 118 cm³/mol. The molecule has 1 aliphatic heterocycles. The minimum Gasteiger partial charge on any atom is -0.324 e. The minimum absolute atomic E-state index is 0.112. The van der Waals surface area contributed by atoms with Crippen LogP contribution in [0, 0.1) is 5.82 Å². The molecule has 0 radical (unpaired) electrons. The Labute approximate surface area is 187 Å². The van der Waals surface area contributed by atoms with E-state index >= 15 is 0 Å². The molecule has 1 amide bonds. The van der Waals surface area contributed by atoms with Crippen LogP contribution in [-0.2, 0) is 27.7 Å². The van der Waals surface area contributed by atoms with E-state index < -0.39 is 15.8 Å². The van der Waals surface area contributed by atoms with E-state index in [2.05, 4.69) is 5.32 Å². The predicted octanol–water partition coefficient (Wildman–Crippen LogP) is 3.30. The van der Waals surface area contributed by atoms with Crippen molar-refractivity contribution in [3.8, 4) is 0 Å². The summed E-state index contributed by atoms with van der Waals surface area (Å²) in [6, 6.07) is 9.27. The van der Waals surface area contributed by atoms with Gasteiger partial charge in [0, 0.05) is 26.2 Å². The van der Waals surface area contributed by atoms with Crippen molar-refractivity contribution in [2.75, 3.05) is 38.0 Å². The Hall–Kier alpha value is -2.00. The number of sulfonamides is 1. The second-order valence-corrected chi connectivity index (χ2v) is 10.3. The van der Waals surface area contributed by atoms with Crippen LogP contribution >= 0.6 is 11.6 Å². The zero-order valence-corrected chi connectivity index (χ0v) is 18.7. The number of nitrogens with one attached hydrogen (secondary N) is 1. The normalized spacial score (nSPS) is 17.9. The van der Waals surface area contributed by atoms with Crippen molar-refractivity contribution in [2.24, 2.45) is 0 Å². The molecule has 1 N–H and O–H groups in total. The maximum atomic E-state index is 13.1. The standard InChI is InChI=1S/C22H25ClFN3O3S/c23-20-14-18(24)6-8-21(20)25-22(28)15-26-9-11-27(12-10-26)31(29,30)19-7-5-16-3-1-2-4-17(16)13-19/h5-8,13-14H,1-4,9-12,15H2,(H,25,28). The molecule has 0 spiro atoms. The van der Waals surface area contributed by atoms with Crippen LogP contribution in [0.3, 0.4) is 0 Å². The number of halogens is 2. The molecule has 6 nitrogen and oxygen atoms in total. The molecule has 0 unspecified atom stereocenters. The van der Waals surface area contributed by atoms with Gasteiger partial charge in [-0.1, -0.05) is 17.7 Å². The fraction of sp³-hybridized carbons (Fsp3) is 0.409. The van der Waals surface area contributed by atoms with Crippen molar-refractivity contribution in [2.45, 2.75) is 30.6 Å². The van der Waals surface area contributed by atoms with Gasteiger partial charge in [-0.3, -0.25) is 9.69 Å². The Morgan fingerprint density at radius 1 is 1.00 bits per heavy atom. The molecule has 1 saturated heterocycles. The number of rotatable bonds is 5. The number of hydrogen-bond acceptors (Lipinski definition) is 4. The molecule has 1 fully saturated rings. The van der Waals surface area contributed by atoms with Crippen LogP contribution in [0.5, 0.6) is 0 Å². The second kappa shape index (κ2) is 9.24. The van der Waals surface area contributed by atoms with Crippen molar-refractivity contribution in [3.63, 3.8) is 0 Å². The van der Waals surface area contributed by atoms with E-state index in [9.17, 15) is 17.6 Å². The number of hydrogen-bond donors (Lipinski definition) is 1. The average Bonchev–Trinajstić information content (AvgIpc) is 2.76. The third-order valence-electron chi connectivity index (χ3n) is 5.86. The van der Waals surface area contributed by atoms with E-state index in [0.717, 1.165) is 37.3 Å². The Balaban J connectivity index is 1.34. The summed E-state index contributed by atoms with van der Waals surface area (Å²) in [6.07, 6.45) is 4.20. The van der Waals surface area contributed by atoms with Crippen LogP contribution in [0.1, 0.15) is 24.0 Å². The molecule has 166 valence electrons. The van der Waals surface area contributed by atoms with E-state index in [1.54, 1.807) is 6.07 Å². The van der Waals surface area contributed by atoms with Crippen molar-refractivity contribution in [1.29, 1.82) is 0 Å². The molecule has 2 aromatic carbocycles. The Morgan fingerprint density at radius 2 is 1.71 bits per heavy atom. The molecule has 0 saturated carbocycles. The first-order valence-electron chi connectivity index (χ1n) is 10.4.